The van der Waals surface area contributed by atoms with Gasteiger partial charge in [-0.1, -0.05) is 0 Å². The lowest BCUT2D eigenvalue weighted by atomic mass is 9.83. The molecule has 3 heteroatoms. The number of hydrogen-bond acceptors (Lipinski definition) is 3. The molecular weight excluding hydrogens is 210 g/mol. The topological polar surface area (TPSA) is 32.5 Å². The second-order valence-corrected chi connectivity index (χ2v) is 5.41. The van der Waals surface area contributed by atoms with E-state index in [4.69, 9.17) is 5.73 Å². The summed E-state index contributed by atoms with van der Waals surface area (Å²) in [7, 11) is 2.22. The first-order valence-corrected chi connectivity index (χ1v) is 6.55. The van der Waals surface area contributed by atoms with E-state index >= 15 is 0 Å². The van der Waals surface area contributed by atoms with Gasteiger partial charge in [0, 0.05) is 31.0 Å². The highest BCUT2D eigenvalue weighted by molar-refractivity contribution is 5.53. The number of nitrogen functional groups attached to an aromatic ring is 1. The molecule has 0 unspecified atom stereocenters. The molecule has 2 bridgehead atoms. The Labute approximate surface area is 103 Å². The molecule has 0 aliphatic carbocycles. The Balaban J connectivity index is 1.77. The van der Waals surface area contributed by atoms with Crippen molar-refractivity contribution < 1.29 is 0 Å². The van der Waals surface area contributed by atoms with Crippen molar-refractivity contribution in [2.45, 2.75) is 18.9 Å². The first kappa shape index (κ1) is 10.9. The number of benzene rings is 1. The number of piperidine rings is 3. The van der Waals surface area contributed by atoms with Crippen LogP contribution in [0.15, 0.2) is 24.3 Å². The summed E-state index contributed by atoms with van der Waals surface area (Å²) in [6, 6.07) is 8.93. The molecule has 3 nitrogen and oxygen atoms in total. The van der Waals surface area contributed by atoms with Crippen molar-refractivity contribution in [1.82, 2.24) is 4.90 Å². The van der Waals surface area contributed by atoms with E-state index in [1.807, 2.05) is 12.1 Å². The van der Waals surface area contributed by atoms with E-state index in [-0.39, 0.29) is 0 Å². The van der Waals surface area contributed by atoms with Crippen LogP contribution in [0.3, 0.4) is 0 Å². The minimum Gasteiger partial charge on any atom is -0.399 e. The van der Waals surface area contributed by atoms with E-state index in [9.17, 15) is 0 Å². The molecule has 2 N–H and O–H groups in total. The molecule has 1 aromatic rings. The van der Waals surface area contributed by atoms with Gasteiger partial charge in [0.15, 0.2) is 0 Å². The van der Waals surface area contributed by atoms with Crippen LogP contribution >= 0.6 is 0 Å². The van der Waals surface area contributed by atoms with Gasteiger partial charge in [-0.05, 0) is 56.1 Å². The van der Waals surface area contributed by atoms with Crippen molar-refractivity contribution in [2.24, 2.45) is 5.92 Å². The summed E-state index contributed by atoms with van der Waals surface area (Å²) in [5.41, 5.74) is 7.87. The van der Waals surface area contributed by atoms with Crippen LogP contribution < -0.4 is 10.6 Å². The number of nitrogens with two attached hydrogens (primary N) is 1. The molecule has 1 atom stereocenters. The number of likely N-dealkylation sites (N-methyl/N-ethyl adjacent to an activating group) is 1. The predicted molar refractivity (Wildman–Crippen MR) is 72.2 cm³/mol. The fourth-order valence-electron chi connectivity index (χ4n) is 3.27. The third kappa shape index (κ3) is 2.00. The van der Waals surface area contributed by atoms with E-state index in [2.05, 4.69) is 29.0 Å². The molecule has 0 amide bonds. The zero-order chi connectivity index (χ0) is 11.8. The van der Waals surface area contributed by atoms with Crippen molar-refractivity contribution in [3.63, 3.8) is 0 Å². The number of fused-ring (bicyclic) bond motifs is 3. The van der Waals surface area contributed by atoms with Crippen molar-refractivity contribution in [3.05, 3.63) is 24.3 Å². The fourth-order valence-corrected chi connectivity index (χ4v) is 3.27. The zero-order valence-corrected chi connectivity index (χ0v) is 10.5. The van der Waals surface area contributed by atoms with Gasteiger partial charge in [-0.3, -0.25) is 0 Å². The molecule has 3 aliphatic rings. The highest BCUT2D eigenvalue weighted by atomic mass is 15.2. The van der Waals surface area contributed by atoms with E-state index < -0.39 is 0 Å². The largest absolute Gasteiger partial charge is 0.399 e. The van der Waals surface area contributed by atoms with Gasteiger partial charge in [-0.15, -0.1) is 0 Å². The van der Waals surface area contributed by atoms with Crippen molar-refractivity contribution in [3.8, 4) is 0 Å². The molecular formula is C14H21N3. The quantitative estimate of drug-likeness (QED) is 0.788. The van der Waals surface area contributed by atoms with Gasteiger partial charge in [0.25, 0.3) is 0 Å². The van der Waals surface area contributed by atoms with Crippen LogP contribution in [0.1, 0.15) is 12.8 Å². The first-order valence-electron chi connectivity index (χ1n) is 6.55. The smallest absolute Gasteiger partial charge is 0.0442 e. The predicted octanol–water partition coefficient (Wildman–Crippen LogP) is 1.80. The SMILES string of the molecule is CN(c1ccc(N)cc1)[C@H]1CN2CCC1CC2. The summed E-state index contributed by atoms with van der Waals surface area (Å²) in [5, 5.41) is 0. The number of anilines is 2. The highest BCUT2D eigenvalue weighted by Crippen LogP contribution is 2.32. The van der Waals surface area contributed by atoms with Crippen LogP contribution in [0.25, 0.3) is 0 Å². The van der Waals surface area contributed by atoms with E-state index in [1.165, 1.54) is 38.2 Å². The maximum absolute atomic E-state index is 5.74. The molecule has 1 aromatic carbocycles. The molecule has 92 valence electrons. The van der Waals surface area contributed by atoms with Crippen LogP contribution in [0.5, 0.6) is 0 Å². The standard InChI is InChI=1S/C14H21N3/c1-16(13-4-2-12(15)3-5-13)14-10-17-8-6-11(14)7-9-17/h2-5,11,14H,6-10,15H2,1H3/t14-/m0/s1. The third-order valence-electron chi connectivity index (χ3n) is 4.42. The van der Waals surface area contributed by atoms with Crippen LogP contribution in [0.2, 0.25) is 0 Å². The third-order valence-corrected chi connectivity index (χ3v) is 4.42. The zero-order valence-electron chi connectivity index (χ0n) is 10.5. The molecule has 3 heterocycles. The summed E-state index contributed by atoms with van der Waals surface area (Å²) in [6.45, 7) is 3.83. The summed E-state index contributed by atoms with van der Waals surface area (Å²) >= 11 is 0. The molecule has 0 radical (unpaired) electrons. The second kappa shape index (κ2) is 4.22. The van der Waals surface area contributed by atoms with Gasteiger partial charge < -0.3 is 15.5 Å². The average molecular weight is 231 g/mol. The lowest BCUT2D eigenvalue weighted by Crippen LogP contribution is -2.56. The molecule has 4 rings (SSSR count). The summed E-state index contributed by atoms with van der Waals surface area (Å²) in [4.78, 5) is 5.04. The van der Waals surface area contributed by atoms with E-state index in [1.54, 1.807) is 0 Å². The molecule has 0 saturated carbocycles. The summed E-state index contributed by atoms with van der Waals surface area (Å²) in [6.07, 6.45) is 2.73. The van der Waals surface area contributed by atoms with E-state index in [0.717, 1.165) is 11.6 Å². The van der Waals surface area contributed by atoms with Crippen LogP contribution in [-0.2, 0) is 0 Å². The van der Waals surface area contributed by atoms with Gasteiger partial charge in [-0.25, -0.2) is 0 Å². The Bertz CT molecular complexity index is 379. The molecule has 3 saturated heterocycles. The second-order valence-electron chi connectivity index (χ2n) is 5.41. The van der Waals surface area contributed by atoms with Gasteiger partial charge in [-0.2, -0.15) is 0 Å². The Morgan fingerprint density at radius 2 is 1.82 bits per heavy atom. The molecule has 3 fully saturated rings. The monoisotopic (exact) mass is 231 g/mol. The van der Waals surface area contributed by atoms with Crippen molar-refractivity contribution >= 4 is 11.4 Å². The molecule has 3 aliphatic heterocycles. The van der Waals surface area contributed by atoms with Gasteiger partial charge in [0.2, 0.25) is 0 Å². The van der Waals surface area contributed by atoms with Crippen molar-refractivity contribution in [1.29, 1.82) is 0 Å². The normalized spacial score (nSPS) is 31.5. The Kier molecular flexibility index (Phi) is 2.71. The minimum absolute atomic E-state index is 0.682. The van der Waals surface area contributed by atoms with Gasteiger partial charge >= 0.3 is 0 Å². The Hall–Kier alpha value is -1.22. The van der Waals surface area contributed by atoms with Crippen LogP contribution in [0.4, 0.5) is 11.4 Å². The van der Waals surface area contributed by atoms with Gasteiger partial charge in [0.05, 0.1) is 0 Å². The highest BCUT2D eigenvalue weighted by Gasteiger charge is 2.36. The van der Waals surface area contributed by atoms with E-state index in [0.29, 0.717) is 6.04 Å². The first-order chi connectivity index (χ1) is 8.24. The number of nitrogens with zero attached hydrogens (tertiary/aromatic N) is 2. The van der Waals surface area contributed by atoms with Gasteiger partial charge in [0.1, 0.15) is 0 Å². The average Bonchev–Trinajstić information content (AvgIpc) is 2.40. The minimum atomic E-state index is 0.682. The lowest BCUT2D eigenvalue weighted by molar-refractivity contribution is 0.0874. The van der Waals surface area contributed by atoms with Crippen molar-refractivity contribution in [2.75, 3.05) is 37.3 Å². The molecule has 0 spiro atoms. The maximum Gasteiger partial charge on any atom is 0.0442 e. The maximum atomic E-state index is 5.74. The number of hydrogen-bond donors (Lipinski definition) is 1. The summed E-state index contributed by atoms with van der Waals surface area (Å²) < 4.78 is 0. The fraction of sp³-hybridized carbons (Fsp3) is 0.571. The Morgan fingerprint density at radius 3 is 2.35 bits per heavy atom. The Morgan fingerprint density at radius 1 is 1.18 bits per heavy atom. The number of rotatable bonds is 2. The van der Waals surface area contributed by atoms with Crippen LogP contribution in [0, 0.1) is 5.92 Å². The molecule has 0 aromatic heterocycles. The van der Waals surface area contributed by atoms with Crippen LogP contribution in [-0.4, -0.2) is 37.6 Å². The lowest BCUT2D eigenvalue weighted by Gasteiger charge is -2.48. The summed E-state index contributed by atoms with van der Waals surface area (Å²) in [5.74, 6) is 0.877. The molecule has 17 heavy (non-hydrogen) atoms.